The second-order valence-corrected chi connectivity index (χ2v) is 2.70. The number of benzene rings is 1. The highest BCUT2D eigenvalue weighted by Gasteiger charge is 2.24. The Bertz CT molecular complexity index is 573. The summed E-state index contributed by atoms with van der Waals surface area (Å²) < 4.78 is 39.7. The summed E-state index contributed by atoms with van der Waals surface area (Å²) in [5, 5.41) is 16.8. The van der Waals surface area contributed by atoms with Crippen molar-refractivity contribution in [1.29, 1.82) is 10.5 Å². The van der Waals surface area contributed by atoms with E-state index in [4.69, 9.17) is 17.1 Å². The van der Waals surface area contributed by atoms with E-state index in [0.29, 0.717) is 0 Å². The lowest BCUT2D eigenvalue weighted by atomic mass is 10.0. The highest BCUT2D eigenvalue weighted by Crippen LogP contribution is 2.31. The molecule has 1 rings (SSSR count). The monoisotopic (exact) mass is 221 g/mol. The predicted molar refractivity (Wildman–Crippen MR) is 46.6 cm³/mol. The molecule has 0 spiro atoms. The Balaban J connectivity index is 3.76. The molecule has 0 unspecified atom stereocenters. The van der Waals surface area contributed by atoms with Crippen molar-refractivity contribution < 1.29 is 13.2 Å². The van der Waals surface area contributed by atoms with Crippen molar-refractivity contribution in [2.75, 3.05) is 0 Å². The minimum absolute atomic E-state index is 0.590. The average Bonchev–Trinajstić information content (AvgIpc) is 2.27. The quantitative estimate of drug-likeness (QED) is 0.540. The summed E-state index contributed by atoms with van der Waals surface area (Å²) in [6.45, 7) is 6.58. The summed E-state index contributed by atoms with van der Waals surface area (Å²) in [7, 11) is 0. The summed E-state index contributed by atoms with van der Waals surface area (Å²) in [5.41, 5.74) is -2.60. The Morgan fingerprint density at radius 1 is 1.12 bits per heavy atom. The molecule has 0 bridgehead atoms. The van der Waals surface area contributed by atoms with E-state index in [9.17, 15) is 13.2 Å². The van der Waals surface area contributed by atoms with Crippen molar-refractivity contribution in [3.63, 3.8) is 0 Å². The zero-order chi connectivity index (χ0) is 12.3. The maximum absolute atomic E-state index is 13.4. The molecule has 0 fully saturated rings. The smallest absolute Gasteiger partial charge is 0.232 e. The van der Waals surface area contributed by atoms with Crippen LogP contribution < -0.4 is 0 Å². The molecule has 16 heavy (non-hydrogen) atoms. The maximum Gasteiger partial charge on any atom is 0.232 e. The maximum atomic E-state index is 13.4. The zero-order valence-electron chi connectivity index (χ0n) is 7.68. The molecule has 0 saturated heterocycles. The molecule has 0 aliphatic carbocycles. The topological polar surface area (TPSA) is 51.9 Å². The van der Waals surface area contributed by atoms with Crippen LogP contribution in [0.3, 0.4) is 0 Å². The van der Waals surface area contributed by atoms with E-state index >= 15 is 0 Å². The molecule has 78 valence electrons. The number of halogens is 3. The third-order valence-corrected chi connectivity index (χ3v) is 1.87. The molecular weight excluding hydrogens is 219 g/mol. The number of nitrogens with zero attached hydrogens (tertiary/aromatic N) is 3. The van der Waals surface area contributed by atoms with Crippen LogP contribution >= 0.6 is 0 Å². The van der Waals surface area contributed by atoms with E-state index in [0.717, 1.165) is 6.07 Å². The molecule has 0 atom stereocenters. The van der Waals surface area contributed by atoms with Gasteiger partial charge in [0.1, 0.15) is 17.4 Å². The first-order valence-corrected chi connectivity index (χ1v) is 3.92. The third-order valence-electron chi connectivity index (χ3n) is 1.87. The summed E-state index contributed by atoms with van der Waals surface area (Å²) >= 11 is 0. The molecule has 0 saturated carbocycles. The Hall–Kier alpha value is -2.52. The first-order chi connectivity index (χ1) is 7.58. The highest BCUT2D eigenvalue weighted by molar-refractivity contribution is 5.59. The van der Waals surface area contributed by atoms with E-state index in [2.05, 4.69) is 4.85 Å². The van der Waals surface area contributed by atoms with Gasteiger partial charge in [0, 0.05) is 5.56 Å². The van der Waals surface area contributed by atoms with E-state index in [1.165, 1.54) is 6.07 Å². The van der Waals surface area contributed by atoms with Gasteiger partial charge >= 0.3 is 0 Å². The summed E-state index contributed by atoms with van der Waals surface area (Å²) in [5.74, 6) is -4.65. The van der Waals surface area contributed by atoms with Crippen LogP contribution in [0.5, 0.6) is 0 Å². The Morgan fingerprint density at radius 2 is 1.75 bits per heavy atom. The minimum atomic E-state index is -1.70. The van der Waals surface area contributed by atoms with Crippen LogP contribution in [0.1, 0.15) is 11.1 Å². The van der Waals surface area contributed by atoms with Gasteiger partial charge in [0.25, 0.3) is 0 Å². The fraction of sp³-hybridized carbons (Fsp3) is 0.100. The summed E-state index contributed by atoms with van der Waals surface area (Å²) in [6, 6.07) is 2.67. The lowest BCUT2D eigenvalue weighted by molar-refractivity contribution is 0.492. The molecule has 1 aromatic carbocycles. The van der Waals surface area contributed by atoms with Crippen LogP contribution in [0.2, 0.25) is 0 Å². The molecule has 0 amide bonds. The van der Waals surface area contributed by atoms with Crippen molar-refractivity contribution in [1.82, 2.24) is 0 Å². The zero-order valence-corrected chi connectivity index (χ0v) is 7.68. The first-order valence-electron chi connectivity index (χ1n) is 3.92. The highest BCUT2D eigenvalue weighted by atomic mass is 19.2. The van der Waals surface area contributed by atoms with E-state index in [-0.39, 0.29) is 0 Å². The van der Waals surface area contributed by atoms with E-state index in [1.54, 1.807) is 0 Å². The first kappa shape index (κ1) is 11.6. The normalized spacial score (nSPS) is 9.00. The SMILES string of the molecule is [C-]#[N+]c1c(F)c(F)c(C#N)c(F)c1CC#N. The van der Waals surface area contributed by atoms with Crippen molar-refractivity contribution in [2.45, 2.75) is 6.42 Å². The van der Waals surface area contributed by atoms with Gasteiger partial charge in [-0.05, 0) is 0 Å². The van der Waals surface area contributed by atoms with Crippen molar-refractivity contribution in [2.24, 2.45) is 0 Å². The van der Waals surface area contributed by atoms with Crippen molar-refractivity contribution in [3.05, 3.63) is 40.0 Å². The van der Waals surface area contributed by atoms with Crippen LogP contribution in [0.4, 0.5) is 18.9 Å². The van der Waals surface area contributed by atoms with Gasteiger partial charge in [-0.15, -0.1) is 0 Å². The van der Waals surface area contributed by atoms with Crippen molar-refractivity contribution >= 4 is 5.69 Å². The van der Waals surface area contributed by atoms with E-state index < -0.39 is 40.7 Å². The lowest BCUT2D eigenvalue weighted by Crippen LogP contribution is -2.01. The third kappa shape index (κ3) is 1.55. The lowest BCUT2D eigenvalue weighted by Gasteiger charge is -2.06. The van der Waals surface area contributed by atoms with Gasteiger partial charge in [-0.3, -0.25) is 0 Å². The van der Waals surface area contributed by atoms with Crippen LogP contribution in [0.25, 0.3) is 4.85 Å². The van der Waals surface area contributed by atoms with Gasteiger partial charge in [-0.2, -0.15) is 10.5 Å². The molecule has 1 aromatic rings. The Kier molecular flexibility index (Phi) is 3.13. The second kappa shape index (κ2) is 4.33. The molecule has 0 aliphatic rings. The van der Waals surface area contributed by atoms with Gasteiger partial charge in [-0.1, -0.05) is 0 Å². The van der Waals surface area contributed by atoms with Gasteiger partial charge in [0.2, 0.25) is 5.69 Å². The minimum Gasteiger partial charge on any atom is -0.235 e. The Labute approximate surface area is 88.8 Å². The fourth-order valence-corrected chi connectivity index (χ4v) is 1.15. The van der Waals surface area contributed by atoms with Crippen LogP contribution in [-0.4, -0.2) is 0 Å². The molecule has 0 aliphatic heterocycles. The number of hydrogen-bond donors (Lipinski definition) is 0. The van der Waals surface area contributed by atoms with Crippen LogP contribution in [0.15, 0.2) is 0 Å². The van der Waals surface area contributed by atoms with Gasteiger partial charge in [0.15, 0.2) is 11.6 Å². The molecule has 0 radical (unpaired) electrons. The predicted octanol–water partition coefficient (Wildman–Crippen LogP) is 2.59. The molecule has 6 heteroatoms. The van der Waals surface area contributed by atoms with Crippen LogP contribution in [-0.2, 0) is 6.42 Å². The fourth-order valence-electron chi connectivity index (χ4n) is 1.15. The molecule has 0 heterocycles. The second-order valence-electron chi connectivity index (χ2n) is 2.70. The average molecular weight is 221 g/mol. The summed E-state index contributed by atoms with van der Waals surface area (Å²) in [6.07, 6.45) is -0.602. The van der Waals surface area contributed by atoms with Gasteiger partial charge in [-0.25, -0.2) is 18.0 Å². The number of nitriles is 2. The largest absolute Gasteiger partial charge is 0.235 e. The Morgan fingerprint density at radius 3 is 2.19 bits per heavy atom. The molecule has 0 N–H and O–H groups in total. The number of hydrogen-bond acceptors (Lipinski definition) is 2. The van der Waals surface area contributed by atoms with Crippen LogP contribution in [0, 0.1) is 46.7 Å². The van der Waals surface area contributed by atoms with Crippen molar-refractivity contribution in [3.8, 4) is 12.1 Å². The van der Waals surface area contributed by atoms with Gasteiger partial charge in [0.05, 0.1) is 19.1 Å². The standard InChI is InChI=1S/C10H2F3N3/c1-16-10-5(2-3-14)7(11)6(4-15)8(12)9(10)13/h2H2. The van der Waals surface area contributed by atoms with Gasteiger partial charge < -0.3 is 0 Å². The molecule has 3 nitrogen and oxygen atoms in total. The number of rotatable bonds is 1. The van der Waals surface area contributed by atoms with E-state index in [1.807, 2.05) is 0 Å². The molecule has 0 aromatic heterocycles. The molecular formula is C10H2F3N3. The summed E-state index contributed by atoms with van der Waals surface area (Å²) in [4.78, 5) is 2.62.